The first-order valence-electron chi connectivity index (χ1n) is 9.98. The van der Waals surface area contributed by atoms with Crippen LogP contribution in [0.2, 0.25) is 0 Å². The zero-order valence-electron chi connectivity index (χ0n) is 16.2. The van der Waals surface area contributed by atoms with E-state index in [-0.39, 0.29) is 22.3 Å². The monoisotopic (exact) mass is 393 g/mol. The van der Waals surface area contributed by atoms with Crippen molar-refractivity contribution < 1.29 is 9.13 Å². The molecule has 0 unspecified atom stereocenters. The highest BCUT2D eigenvalue weighted by molar-refractivity contribution is 7.97. The van der Waals surface area contributed by atoms with Crippen molar-refractivity contribution in [2.45, 2.75) is 59.3 Å². The van der Waals surface area contributed by atoms with Crippen molar-refractivity contribution in [2.75, 3.05) is 0 Å². The topological polar surface area (TPSA) is 9.23 Å². The predicted molar refractivity (Wildman–Crippen MR) is 114 cm³/mol. The molecule has 0 radical (unpaired) electrons. The predicted octanol–water partition coefficient (Wildman–Crippen LogP) is 7.02. The Hall–Kier alpha value is -2.26. The zero-order valence-corrected chi connectivity index (χ0v) is 17.1. The molecule has 0 aromatic heterocycles. The first-order valence-corrected chi connectivity index (χ1v) is 11.2. The molecule has 1 fully saturated rings. The summed E-state index contributed by atoms with van der Waals surface area (Å²) < 4.78 is 21.2. The third-order valence-electron chi connectivity index (χ3n) is 5.36. The molecule has 0 spiro atoms. The van der Waals surface area contributed by atoms with E-state index in [9.17, 15) is 0 Å². The summed E-state index contributed by atoms with van der Waals surface area (Å²) in [6.07, 6.45) is 5.54. The number of benzene rings is 3. The van der Waals surface area contributed by atoms with Gasteiger partial charge in [-0.2, -0.15) is 0 Å². The van der Waals surface area contributed by atoms with Crippen LogP contribution >= 0.6 is 0 Å². The Labute approximate surface area is 169 Å². The van der Waals surface area contributed by atoms with Crippen LogP contribution in [0.5, 0.6) is 5.75 Å². The number of halogens is 1. The molecular weight excluding hydrogens is 367 g/mol. The lowest BCUT2D eigenvalue weighted by molar-refractivity contribution is 0.0447. The number of ether oxygens (including phenoxy) is 1. The summed E-state index contributed by atoms with van der Waals surface area (Å²) in [5, 5.41) is 0. The van der Waals surface area contributed by atoms with Gasteiger partial charge in [-0.1, -0.05) is 42.8 Å². The largest absolute Gasteiger partial charge is 0.484 e. The SMILES string of the molecule is CC1(Oc2ccc([S+](c3ccccc3)c3ccccc3)cc2F)CCCCC1. The fourth-order valence-corrected chi connectivity index (χ4v) is 5.98. The van der Waals surface area contributed by atoms with E-state index in [0.717, 1.165) is 30.6 Å². The molecule has 3 aromatic rings. The highest BCUT2D eigenvalue weighted by atomic mass is 32.2. The zero-order chi connectivity index (χ0) is 19.4. The van der Waals surface area contributed by atoms with E-state index >= 15 is 4.39 Å². The average Bonchev–Trinajstić information content (AvgIpc) is 2.72. The summed E-state index contributed by atoms with van der Waals surface area (Å²) in [4.78, 5) is 3.33. The van der Waals surface area contributed by atoms with Crippen molar-refractivity contribution in [3.8, 4) is 5.75 Å². The van der Waals surface area contributed by atoms with Crippen molar-refractivity contribution >= 4 is 10.9 Å². The smallest absolute Gasteiger partial charge is 0.170 e. The molecule has 1 aliphatic rings. The van der Waals surface area contributed by atoms with Crippen LogP contribution in [0.15, 0.2) is 93.5 Å². The third-order valence-corrected chi connectivity index (χ3v) is 7.58. The lowest BCUT2D eigenvalue weighted by Crippen LogP contribution is -2.34. The molecule has 0 bridgehead atoms. The van der Waals surface area contributed by atoms with Crippen LogP contribution in [0.3, 0.4) is 0 Å². The molecule has 28 heavy (non-hydrogen) atoms. The van der Waals surface area contributed by atoms with E-state index < -0.39 is 0 Å². The van der Waals surface area contributed by atoms with Crippen LogP contribution in [0.25, 0.3) is 0 Å². The van der Waals surface area contributed by atoms with Gasteiger partial charge in [0.25, 0.3) is 0 Å². The third kappa shape index (κ3) is 4.25. The Kier molecular flexibility index (Phi) is 5.72. The van der Waals surface area contributed by atoms with Crippen molar-refractivity contribution in [1.29, 1.82) is 0 Å². The summed E-state index contributed by atoms with van der Waals surface area (Å²) in [5.41, 5.74) is -0.249. The summed E-state index contributed by atoms with van der Waals surface area (Å²) in [5.74, 6) is 0.103. The molecule has 1 saturated carbocycles. The van der Waals surface area contributed by atoms with Crippen LogP contribution in [0.4, 0.5) is 4.39 Å². The summed E-state index contributed by atoms with van der Waals surface area (Å²) >= 11 is 0. The summed E-state index contributed by atoms with van der Waals surface area (Å²) in [6.45, 7) is 2.11. The Balaban J connectivity index is 1.67. The molecule has 0 heterocycles. The minimum Gasteiger partial charge on any atom is -0.484 e. The maximum absolute atomic E-state index is 15.0. The molecule has 144 valence electrons. The molecule has 3 heteroatoms. The van der Waals surface area contributed by atoms with Crippen LogP contribution in [0, 0.1) is 5.82 Å². The molecule has 0 amide bonds. The Bertz CT molecular complexity index is 865. The van der Waals surface area contributed by atoms with Crippen LogP contribution < -0.4 is 4.74 Å². The summed E-state index contributed by atoms with van der Waals surface area (Å²) in [6, 6.07) is 26.1. The number of hydrogen-bond acceptors (Lipinski definition) is 1. The first kappa shape index (κ1) is 19.1. The maximum atomic E-state index is 15.0. The highest BCUT2D eigenvalue weighted by Crippen LogP contribution is 2.36. The van der Waals surface area contributed by atoms with E-state index in [2.05, 4.69) is 31.2 Å². The van der Waals surface area contributed by atoms with Gasteiger partial charge < -0.3 is 4.74 Å². The Morgan fingerprint density at radius 2 is 1.32 bits per heavy atom. The summed E-state index contributed by atoms with van der Waals surface area (Å²) in [7, 11) is -0.346. The van der Waals surface area contributed by atoms with Crippen LogP contribution in [-0.4, -0.2) is 5.60 Å². The van der Waals surface area contributed by atoms with Gasteiger partial charge in [0.15, 0.2) is 26.3 Å². The second kappa shape index (κ2) is 8.40. The van der Waals surface area contributed by atoms with Crippen LogP contribution in [-0.2, 0) is 10.9 Å². The van der Waals surface area contributed by atoms with Gasteiger partial charge in [0.05, 0.1) is 10.9 Å². The molecule has 1 aliphatic carbocycles. The molecule has 1 nitrogen and oxygen atoms in total. The lowest BCUT2D eigenvalue weighted by Gasteiger charge is -2.34. The van der Waals surface area contributed by atoms with Gasteiger partial charge in [-0.05, 0) is 69.0 Å². The average molecular weight is 394 g/mol. The van der Waals surface area contributed by atoms with Crippen molar-refractivity contribution in [3.05, 3.63) is 84.7 Å². The molecule has 4 rings (SSSR count). The highest BCUT2D eigenvalue weighted by Gasteiger charge is 2.32. The van der Waals surface area contributed by atoms with E-state index in [1.54, 1.807) is 6.07 Å². The van der Waals surface area contributed by atoms with Gasteiger partial charge in [-0.15, -0.1) is 0 Å². The molecule has 0 aliphatic heterocycles. The van der Waals surface area contributed by atoms with E-state index in [1.807, 2.05) is 48.5 Å². The molecule has 0 N–H and O–H groups in total. The van der Waals surface area contributed by atoms with Gasteiger partial charge in [0, 0.05) is 6.07 Å². The molecule has 3 aromatic carbocycles. The molecule has 0 saturated heterocycles. The van der Waals surface area contributed by atoms with E-state index in [1.165, 1.54) is 16.2 Å². The molecule has 0 atom stereocenters. The normalized spacial score (nSPS) is 16.1. The second-order valence-corrected chi connectivity index (χ2v) is 9.66. The molecular formula is C25H26FOS+. The fourth-order valence-electron chi connectivity index (χ4n) is 3.88. The number of rotatable bonds is 5. The minimum absolute atomic E-state index is 0.249. The maximum Gasteiger partial charge on any atom is 0.170 e. The Morgan fingerprint density at radius 3 is 1.86 bits per heavy atom. The Morgan fingerprint density at radius 1 is 0.750 bits per heavy atom. The lowest BCUT2D eigenvalue weighted by atomic mass is 9.86. The number of hydrogen-bond donors (Lipinski definition) is 0. The van der Waals surface area contributed by atoms with Gasteiger partial charge in [0.2, 0.25) is 0 Å². The minimum atomic E-state index is -0.346. The quantitative estimate of drug-likeness (QED) is 0.423. The van der Waals surface area contributed by atoms with Gasteiger partial charge in [-0.3, -0.25) is 0 Å². The van der Waals surface area contributed by atoms with Gasteiger partial charge in [0.1, 0.15) is 5.60 Å². The van der Waals surface area contributed by atoms with E-state index in [4.69, 9.17) is 4.74 Å². The van der Waals surface area contributed by atoms with Crippen molar-refractivity contribution in [3.63, 3.8) is 0 Å². The fraction of sp³-hybridized carbons (Fsp3) is 0.280. The van der Waals surface area contributed by atoms with Gasteiger partial charge in [-0.25, -0.2) is 4.39 Å². The standard InChI is InChI=1S/C25H26FOS/c1-25(17-9-4-10-18-25)27-24-16-15-22(19-23(24)26)28(20-11-5-2-6-12-20)21-13-7-3-8-14-21/h2-3,5-8,11-16,19H,4,9-10,17-18H2,1H3/q+1. The van der Waals surface area contributed by atoms with Crippen molar-refractivity contribution in [2.24, 2.45) is 0 Å². The van der Waals surface area contributed by atoms with E-state index in [0.29, 0.717) is 5.75 Å². The van der Waals surface area contributed by atoms with Crippen LogP contribution in [0.1, 0.15) is 39.0 Å². The van der Waals surface area contributed by atoms with Crippen molar-refractivity contribution in [1.82, 2.24) is 0 Å². The van der Waals surface area contributed by atoms with Gasteiger partial charge >= 0.3 is 0 Å². The first-order chi connectivity index (χ1) is 13.6. The second-order valence-electron chi connectivity index (χ2n) is 7.64.